The molecule has 1 rings (SSSR count). The van der Waals surface area contributed by atoms with Crippen molar-refractivity contribution in [3.63, 3.8) is 0 Å². The normalized spacial score (nSPS) is 10.3. The highest BCUT2D eigenvalue weighted by molar-refractivity contribution is 6.30. The van der Waals surface area contributed by atoms with Gasteiger partial charge in [0.2, 0.25) is 5.95 Å². The summed E-state index contributed by atoms with van der Waals surface area (Å²) in [6.07, 6.45) is 0.804. The van der Waals surface area contributed by atoms with Gasteiger partial charge < -0.3 is 10.6 Å². The average molecular weight is 215 g/mol. The van der Waals surface area contributed by atoms with Crippen molar-refractivity contribution in [1.29, 1.82) is 0 Å². The lowest BCUT2D eigenvalue weighted by molar-refractivity contribution is 0.906. The lowest BCUT2D eigenvalue weighted by atomic mass is 10.2. The van der Waals surface area contributed by atoms with Gasteiger partial charge in [-0.25, -0.2) is 4.98 Å². The summed E-state index contributed by atoms with van der Waals surface area (Å²) in [4.78, 5) is 10.1. The molecule has 0 radical (unpaired) electrons. The van der Waals surface area contributed by atoms with E-state index in [1.807, 2.05) is 25.8 Å². The van der Waals surface area contributed by atoms with Crippen LogP contribution in [-0.4, -0.2) is 23.6 Å². The van der Waals surface area contributed by atoms with Gasteiger partial charge in [-0.05, 0) is 13.3 Å². The molecule has 0 aliphatic rings. The molecule has 0 spiro atoms. The predicted octanol–water partition coefficient (Wildman–Crippen LogP) is 1.73. The minimum absolute atomic E-state index is 0.225. The zero-order chi connectivity index (χ0) is 10.7. The van der Waals surface area contributed by atoms with Gasteiger partial charge in [-0.15, -0.1) is 0 Å². The first-order valence-corrected chi connectivity index (χ1v) is 5.00. The van der Waals surface area contributed by atoms with Crippen molar-refractivity contribution < 1.29 is 0 Å². The molecule has 0 bridgehead atoms. The van der Waals surface area contributed by atoms with E-state index in [0.717, 1.165) is 24.3 Å². The summed E-state index contributed by atoms with van der Waals surface area (Å²) < 4.78 is 0. The Morgan fingerprint density at radius 3 is 2.50 bits per heavy atom. The Morgan fingerprint density at radius 1 is 1.36 bits per heavy atom. The Balaban J connectivity index is 3.24. The second-order valence-electron chi connectivity index (χ2n) is 3.04. The molecule has 5 heteroatoms. The van der Waals surface area contributed by atoms with Gasteiger partial charge in [-0.2, -0.15) is 4.98 Å². The van der Waals surface area contributed by atoms with Crippen LogP contribution in [0.15, 0.2) is 0 Å². The van der Waals surface area contributed by atoms with Crippen LogP contribution in [-0.2, 0) is 6.42 Å². The van der Waals surface area contributed by atoms with Crippen LogP contribution in [0.25, 0.3) is 0 Å². The van der Waals surface area contributed by atoms with Gasteiger partial charge in [0.05, 0.1) is 0 Å². The Hall–Kier alpha value is -1.03. The number of rotatable bonds is 3. The first-order valence-electron chi connectivity index (χ1n) is 4.63. The highest BCUT2D eigenvalue weighted by atomic mass is 35.5. The molecule has 0 fully saturated rings. The van der Waals surface area contributed by atoms with Crippen molar-refractivity contribution in [1.82, 2.24) is 9.97 Å². The maximum atomic E-state index is 5.98. The van der Waals surface area contributed by atoms with Gasteiger partial charge in [0.15, 0.2) is 0 Å². The summed E-state index contributed by atoms with van der Waals surface area (Å²) in [6, 6.07) is 0. The van der Waals surface area contributed by atoms with Gasteiger partial charge in [0.25, 0.3) is 0 Å². The minimum Gasteiger partial charge on any atom is -0.368 e. The molecule has 0 aromatic carbocycles. The second kappa shape index (κ2) is 4.46. The number of anilines is 2. The molecule has 0 aliphatic heterocycles. The van der Waals surface area contributed by atoms with Gasteiger partial charge in [0.1, 0.15) is 11.0 Å². The largest absolute Gasteiger partial charge is 0.368 e. The third-order valence-electron chi connectivity index (χ3n) is 2.14. The van der Waals surface area contributed by atoms with Crippen LogP contribution in [0, 0.1) is 0 Å². The van der Waals surface area contributed by atoms with E-state index in [1.165, 1.54) is 0 Å². The molecule has 0 amide bonds. The molecule has 1 aromatic rings. The molecule has 78 valence electrons. The Kier molecular flexibility index (Phi) is 3.52. The molecule has 0 unspecified atom stereocenters. The lowest BCUT2D eigenvalue weighted by Gasteiger charge is -2.19. The van der Waals surface area contributed by atoms with Crippen molar-refractivity contribution in [2.24, 2.45) is 0 Å². The second-order valence-corrected chi connectivity index (χ2v) is 3.40. The highest BCUT2D eigenvalue weighted by Crippen LogP contribution is 2.24. The number of halogens is 1. The predicted molar refractivity (Wildman–Crippen MR) is 59.8 cm³/mol. The van der Waals surface area contributed by atoms with Crippen LogP contribution in [0.1, 0.15) is 19.4 Å². The third-order valence-corrected chi connectivity index (χ3v) is 2.45. The molecule has 0 saturated carbocycles. The van der Waals surface area contributed by atoms with E-state index in [0.29, 0.717) is 5.15 Å². The first-order chi connectivity index (χ1) is 6.60. The summed E-state index contributed by atoms with van der Waals surface area (Å²) in [5.41, 5.74) is 6.49. The molecule has 1 heterocycles. The van der Waals surface area contributed by atoms with Crippen LogP contribution in [0.4, 0.5) is 11.8 Å². The van der Waals surface area contributed by atoms with Crippen molar-refractivity contribution >= 4 is 23.4 Å². The van der Waals surface area contributed by atoms with Crippen LogP contribution in [0.5, 0.6) is 0 Å². The zero-order valence-corrected chi connectivity index (χ0v) is 9.47. The molecule has 0 saturated heterocycles. The van der Waals surface area contributed by atoms with E-state index >= 15 is 0 Å². The van der Waals surface area contributed by atoms with E-state index < -0.39 is 0 Å². The minimum atomic E-state index is 0.225. The van der Waals surface area contributed by atoms with E-state index in [2.05, 4.69) is 9.97 Å². The fourth-order valence-corrected chi connectivity index (χ4v) is 1.54. The van der Waals surface area contributed by atoms with Crippen LogP contribution in [0.2, 0.25) is 5.15 Å². The number of nitrogens with two attached hydrogens (primary N) is 1. The van der Waals surface area contributed by atoms with E-state index in [9.17, 15) is 0 Å². The molecule has 4 nitrogen and oxygen atoms in total. The van der Waals surface area contributed by atoms with Crippen LogP contribution in [0.3, 0.4) is 0 Å². The third kappa shape index (κ3) is 2.07. The highest BCUT2D eigenvalue weighted by Gasteiger charge is 2.12. The monoisotopic (exact) mass is 214 g/mol. The van der Waals surface area contributed by atoms with Gasteiger partial charge in [-0.3, -0.25) is 0 Å². The SMILES string of the molecule is CCc1c(Cl)nc(N)nc1N(C)CC. The molecular weight excluding hydrogens is 200 g/mol. The number of nitrogen functional groups attached to an aromatic ring is 1. The number of hydrogen-bond donors (Lipinski definition) is 1. The number of aromatic nitrogens is 2. The summed E-state index contributed by atoms with van der Waals surface area (Å²) in [6.45, 7) is 4.93. The Morgan fingerprint density at radius 2 is 2.00 bits per heavy atom. The average Bonchev–Trinajstić information content (AvgIpc) is 2.15. The van der Waals surface area contributed by atoms with Crippen molar-refractivity contribution in [2.75, 3.05) is 24.2 Å². The molecule has 0 aliphatic carbocycles. The Bertz CT molecular complexity index is 327. The molecule has 1 aromatic heterocycles. The van der Waals surface area contributed by atoms with Gasteiger partial charge in [-0.1, -0.05) is 18.5 Å². The van der Waals surface area contributed by atoms with Crippen LogP contribution < -0.4 is 10.6 Å². The Labute approximate surface area is 89.1 Å². The number of hydrogen-bond acceptors (Lipinski definition) is 4. The standard InChI is InChI=1S/C9H15ClN4/c1-4-6-7(10)12-9(11)13-8(6)14(3)5-2/h4-5H2,1-3H3,(H2,11,12,13). The van der Waals surface area contributed by atoms with Crippen molar-refractivity contribution in [3.05, 3.63) is 10.7 Å². The van der Waals surface area contributed by atoms with Crippen molar-refractivity contribution in [3.8, 4) is 0 Å². The lowest BCUT2D eigenvalue weighted by Crippen LogP contribution is -2.20. The quantitative estimate of drug-likeness (QED) is 0.779. The molecule has 0 atom stereocenters. The van der Waals surface area contributed by atoms with Crippen molar-refractivity contribution in [2.45, 2.75) is 20.3 Å². The topological polar surface area (TPSA) is 55.0 Å². The van der Waals surface area contributed by atoms with Gasteiger partial charge >= 0.3 is 0 Å². The van der Waals surface area contributed by atoms with Crippen LogP contribution >= 0.6 is 11.6 Å². The van der Waals surface area contributed by atoms with E-state index in [1.54, 1.807) is 0 Å². The fourth-order valence-electron chi connectivity index (χ4n) is 1.23. The number of nitrogens with zero attached hydrogens (tertiary/aromatic N) is 3. The maximum absolute atomic E-state index is 5.98. The summed E-state index contributed by atoms with van der Waals surface area (Å²) in [5.74, 6) is 1.05. The summed E-state index contributed by atoms with van der Waals surface area (Å²) >= 11 is 5.98. The summed E-state index contributed by atoms with van der Waals surface area (Å²) in [5, 5.41) is 0.454. The fraction of sp³-hybridized carbons (Fsp3) is 0.556. The van der Waals surface area contributed by atoms with E-state index in [-0.39, 0.29) is 5.95 Å². The smallest absolute Gasteiger partial charge is 0.223 e. The zero-order valence-electron chi connectivity index (χ0n) is 8.71. The molecule has 14 heavy (non-hydrogen) atoms. The summed E-state index contributed by atoms with van der Waals surface area (Å²) in [7, 11) is 1.96. The maximum Gasteiger partial charge on any atom is 0.223 e. The van der Waals surface area contributed by atoms with E-state index in [4.69, 9.17) is 17.3 Å². The first kappa shape index (κ1) is 11.0. The molecular formula is C9H15ClN4. The molecule has 2 N–H and O–H groups in total. The van der Waals surface area contributed by atoms with Gasteiger partial charge in [0, 0.05) is 19.2 Å².